The van der Waals surface area contributed by atoms with E-state index in [1.54, 1.807) is 6.07 Å². The van der Waals surface area contributed by atoms with Gasteiger partial charge in [0.05, 0.1) is 23.4 Å². The van der Waals surface area contributed by atoms with Gasteiger partial charge < -0.3 is 9.88 Å². The molecule has 0 atom stereocenters. The Morgan fingerprint density at radius 1 is 1.21 bits per heavy atom. The minimum atomic E-state index is -3.04. The number of pyridine rings is 1. The van der Waals surface area contributed by atoms with Crippen molar-refractivity contribution in [2.24, 2.45) is 7.05 Å². The van der Waals surface area contributed by atoms with Crippen molar-refractivity contribution in [1.82, 2.24) is 9.55 Å². The summed E-state index contributed by atoms with van der Waals surface area (Å²) >= 11 is 0. The monoisotopic (exact) mass is 345 g/mol. The van der Waals surface area contributed by atoms with E-state index in [0.717, 1.165) is 27.8 Å². The highest BCUT2D eigenvalue weighted by molar-refractivity contribution is 7.90. The maximum Gasteiger partial charge on any atom is 0.212 e. The van der Waals surface area contributed by atoms with E-state index in [9.17, 15) is 12.8 Å². The van der Waals surface area contributed by atoms with Crippen LogP contribution in [0.15, 0.2) is 36.5 Å². The van der Waals surface area contributed by atoms with Crippen molar-refractivity contribution in [3.05, 3.63) is 53.7 Å². The van der Waals surface area contributed by atoms with Gasteiger partial charge in [0.1, 0.15) is 0 Å². The molecule has 0 fully saturated rings. The largest absolute Gasteiger partial charge is 0.354 e. The Kier molecular flexibility index (Phi) is 3.35. The predicted octanol–water partition coefficient (Wildman–Crippen LogP) is 2.93. The first-order valence-electron chi connectivity index (χ1n) is 7.62. The number of sulfone groups is 1. The van der Waals surface area contributed by atoms with E-state index in [2.05, 4.69) is 14.9 Å². The number of benzene rings is 1. The van der Waals surface area contributed by atoms with Crippen LogP contribution in [0.4, 0.5) is 15.8 Å². The summed E-state index contributed by atoms with van der Waals surface area (Å²) < 4.78 is 39.0. The number of aryl methyl sites for hydroxylation is 1. The van der Waals surface area contributed by atoms with Crippen LogP contribution in [0.3, 0.4) is 0 Å². The Bertz CT molecular complexity index is 1040. The van der Waals surface area contributed by atoms with Crippen LogP contribution in [0, 0.1) is 5.95 Å². The van der Waals surface area contributed by atoms with Crippen molar-refractivity contribution in [2.45, 2.75) is 12.2 Å². The third-order valence-electron chi connectivity index (χ3n) is 4.47. The van der Waals surface area contributed by atoms with E-state index in [4.69, 9.17) is 0 Å². The van der Waals surface area contributed by atoms with Gasteiger partial charge in [0.25, 0.3) is 0 Å². The Balaban J connectivity index is 1.79. The molecule has 3 heterocycles. The van der Waals surface area contributed by atoms with Gasteiger partial charge in [0, 0.05) is 35.8 Å². The molecule has 0 aliphatic carbocycles. The maximum atomic E-state index is 12.9. The minimum absolute atomic E-state index is 0.0846. The molecule has 0 bridgehead atoms. The van der Waals surface area contributed by atoms with E-state index in [1.165, 1.54) is 12.3 Å². The second-order valence-electron chi connectivity index (χ2n) is 6.05. The van der Waals surface area contributed by atoms with Crippen molar-refractivity contribution in [3.8, 4) is 0 Å². The molecule has 7 heteroatoms. The van der Waals surface area contributed by atoms with Crippen LogP contribution < -0.4 is 5.32 Å². The molecule has 0 saturated heterocycles. The fraction of sp³-hybridized carbons (Fsp3) is 0.235. The molecule has 124 valence electrons. The van der Waals surface area contributed by atoms with E-state index >= 15 is 0 Å². The van der Waals surface area contributed by atoms with Gasteiger partial charge >= 0.3 is 0 Å². The van der Waals surface area contributed by atoms with E-state index in [-0.39, 0.29) is 11.5 Å². The standard InChI is InChI=1S/C17H16FN3O2S/c1-21-15-4-2-11(20-12-3-5-17(18)19-9-12)8-13(15)14-10-24(22,23)7-6-16(14)21/h2-5,8-9,20H,6-7,10H2,1H3. The predicted molar refractivity (Wildman–Crippen MR) is 91.6 cm³/mol. The molecule has 3 aromatic rings. The molecule has 1 aromatic carbocycles. The average Bonchev–Trinajstić information content (AvgIpc) is 2.81. The molecule has 2 aromatic heterocycles. The quantitative estimate of drug-likeness (QED) is 0.726. The molecule has 5 nitrogen and oxygen atoms in total. The van der Waals surface area contributed by atoms with Crippen LogP contribution in [0.2, 0.25) is 0 Å². The molecule has 1 aliphatic rings. The molecule has 1 N–H and O–H groups in total. The molecule has 1 aliphatic heterocycles. The summed E-state index contributed by atoms with van der Waals surface area (Å²) in [6.45, 7) is 0. The first-order chi connectivity index (χ1) is 11.4. The molecule has 0 unspecified atom stereocenters. The van der Waals surface area contributed by atoms with Crippen LogP contribution in [0.1, 0.15) is 11.3 Å². The molecule has 0 spiro atoms. The van der Waals surface area contributed by atoms with Crippen molar-refractivity contribution >= 4 is 32.1 Å². The zero-order valence-corrected chi connectivity index (χ0v) is 13.9. The molecule has 0 saturated carbocycles. The minimum Gasteiger partial charge on any atom is -0.354 e. The van der Waals surface area contributed by atoms with Crippen LogP contribution in [0.5, 0.6) is 0 Å². The van der Waals surface area contributed by atoms with Crippen LogP contribution in [-0.4, -0.2) is 23.7 Å². The first kappa shape index (κ1) is 15.1. The van der Waals surface area contributed by atoms with E-state index < -0.39 is 15.8 Å². The molecule has 24 heavy (non-hydrogen) atoms. The molecule has 0 amide bonds. The molecule has 0 radical (unpaired) electrons. The van der Waals surface area contributed by atoms with Crippen LogP contribution in [-0.2, 0) is 29.1 Å². The summed E-state index contributed by atoms with van der Waals surface area (Å²) in [6.07, 6.45) is 1.97. The summed E-state index contributed by atoms with van der Waals surface area (Å²) in [5.41, 5.74) is 4.47. The fourth-order valence-electron chi connectivity index (χ4n) is 3.29. The summed E-state index contributed by atoms with van der Waals surface area (Å²) in [7, 11) is -1.07. The van der Waals surface area contributed by atoms with Crippen molar-refractivity contribution < 1.29 is 12.8 Å². The number of nitrogens with one attached hydrogen (secondary N) is 1. The number of aromatic nitrogens is 2. The number of hydrogen-bond acceptors (Lipinski definition) is 4. The number of hydrogen-bond donors (Lipinski definition) is 1. The summed E-state index contributed by atoms with van der Waals surface area (Å²) in [6, 6.07) is 8.73. The van der Waals surface area contributed by atoms with E-state index in [0.29, 0.717) is 12.1 Å². The Hall–Kier alpha value is -2.41. The smallest absolute Gasteiger partial charge is 0.212 e. The Morgan fingerprint density at radius 2 is 2.00 bits per heavy atom. The van der Waals surface area contributed by atoms with Gasteiger partial charge in [-0.3, -0.25) is 0 Å². The lowest BCUT2D eigenvalue weighted by molar-refractivity contribution is 0.584. The molecular weight excluding hydrogens is 329 g/mol. The SMILES string of the molecule is Cn1c2c(c3cc(Nc4ccc(F)nc4)ccc31)CS(=O)(=O)CC2. The highest BCUT2D eigenvalue weighted by Gasteiger charge is 2.26. The second kappa shape index (κ2) is 5.31. The number of nitrogens with zero attached hydrogens (tertiary/aromatic N) is 2. The fourth-order valence-corrected chi connectivity index (χ4v) is 4.70. The zero-order chi connectivity index (χ0) is 16.9. The average molecular weight is 345 g/mol. The van der Waals surface area contributed by atoms with Crippen LogP contribution in [0.25, 0.3) is 10.9 Å². The van der Waals surface area contributed by atoms with Gasteiger partial charge in [0.2, 0.25) is 5.95 Å². The van der Waals surface area contributed by atoms with Gasteiger partial charge in [0.15, 0.2) is 9.84 Å². The maximum absolute atomic E-state index is 12.9. The normalized spacial score (nSPS) is 16.1. The highest BCUT2D eigenvalue weighted by Crippen LogP contribution is 2.33. The third-order valence-corrected chi connectivity index (χ3v) is 6.02. The third kappa shape index (κ3) is 2.54. The van der Waals surface area contributed by atoms with Gasteiger partial charge in [-0.05, 0) is 35.9 Å². The highest BCUT2D eigenvalue weighted by atomic mass is 32.2. The van der Waals surface area contributed by atoms with Gasteiger partial charge in [-0.2, -0.15) is 4.39 Å². The van der Waals surface area contributed by atoms with Crippen molar-refractivity contribution in [2.75, 3.05) is 11.1 Å². The first-order valence-corrected chi connectivity index (χ1v) is 9.44. The summed E-state index contributed by atoms with van der Waals surface area (Å²) in [5.74, 6) is -0.240. The summed E-state index contributed by atoms with van der Waals surface area (Å²) in [4.78, 5) is 3.62. The number of anilines is 2. The topological polar surface area (TPSA) is 64.0 Å². The number of rotatable bonds is 2. The number of halogens is 1. The number of fused-ring (bicyclic) bond motifs is 3. The summed E-state index contributed by atoms with van der Waals surface area (Å²) in [5, 5.41) is 4.11. The van der Waals surface area contributed by atoms with Gasteiger partial charge in [-0.15, -0.1) is 0 Å². The zero-order valence-electron chi connectivity index (χ0n) is 13.1. The lowest BCUT2D eigenvalue weighted by atomic mass is 10.1. The van der Waals surface area contributed by atoms with Crippen molar-refractivity contribution in [1.29, 1.82) is 0 Å². The molecular formula is C17H16FN3O2S. The molecule has 4 rings (SSSR count). The Morgan fingerprint density at radius 3 is 2.75 bits per heavy atom. The van der Waals surface area contributed by atoms with Crippen LogP contribution >= 0.6 is 0 Å². The van der Waals surface area contributed by atoms with Crippen molar-refractivity contribution in [3.63, 3.8) is 0 Å². The second-order valence-corrected chi connectivity index (χ2v) is 8.24. The lowest BCUT2D eigenvalue weighted by Gasteiger charge is -2.14. The van der Waals surface area contributed by atoms with Gasteiger partial charge in [-0.25, -0.2) is 13.4 Å². The van der Waals surface area contributed by atoms with Gasteiger partial charge in [-0.1, -0.05) is 0 Å². The lowest BCUT2D eigenvalue weighted by Crippen LogP contribution is -2.19. The Labute approximate surface area is 139 Å². The van der Waals surface area contributed by atoms with E-state index in [1.807, 2.05) is 25.2 Å².